The molecule has 10 amide bonds. The quantitative estimate of drug-likeness (QED) is 0.0300. The molecule has 0 aromatic heterocycles. The molecule has 0 saturated carbocycles. The van der Waals surface area contributed by atoms with Crippen LogP contribution in [0.15, 0.2) is 84.9 Å². The van der Waals surface area contributed by atoms with Gasteiger partial charge in [-0.2, -0.15) is 0 Å². The summed E-state index contributed by atoms with van der Waals surface area (Å²) >= 11 is 0. The van der Waals surface area contributed by atoms with Crippen molar-refractivity contribution in [1.29, 1.82) is 0 Å². The van der Waals surface area contributed by atoms with Crippen molar-refractivity contribution in [1.82, 2.24) is 47.9 Å². The molecule has 0 radical (unpaired) electrons. The Kier molecular flexibility index (Phi) is 35.4. The van der Waals surface area contributed by atoms with Crippen molar-refractivity contribution >= 4 is 65.0 Å². The summed E-state index contributed by atoms with van der Waals surface area (Å²) in [7, 11) is 0. The highest BCUT2D eigenvalue weighted by molar-refractivity contribution is 5.99. The molecule has 3 rings (SSSR count). The van der Waals surface area contributed by atoms with Gasteiger partial charge in [0.05, 0.1) is 18.6 Å². The molecule has 0 bridgehead atoms. The van der Waals surface area contributed by atoms with E-state index in [0.717, 1.165) is 5.56 Å². The fourth-order valence-electron chi connectivity index (χ4n) is 10.0. The van der Waals surface area contributed by atoms with Crippen LogP contribution >= 0.6 is 0 Å². The molecule has 0 spiro atoms. The number of hydrogen-bond acceptors (Lipinski definition) is 17. The number of amides is 10. The molecular weight excluding hydrogens is 1200 g/mol. The molecule has 0 aliphatic carbocycles. The number of aliphatic carboxylic acids is 1. The number of carbonyl (C=O) groups is 11. The minimum absolute atomic E-state index is 0.0131. The Morgan fingerprint density at radius 1 is 0.398 bits per heavy atom. The van der Waals surface area contributed by atoms with Crippen LogP contribution in [0, 0.1) is 11.8 Å². The lowest BCUT2D eigenvalue weighted by molar-refractivity contribution is -0.142. The molecule has 22 N–H and O–H groups in total. The van der Waals surface area contributed by atoms with Crippen LogP contribution in [0.25, 0.3) is 0 Å². The topological polar surface area (TPSA) is 487 Å². The number of phenols is 1. The van der Waals surface area contributed by atoms with E-state index in [4.69, 9.17) is 28.7 Å². The zero-order valence-electron chi connectivity index (χ0n) is 54.0. The highest BCUT2D eigenvalue weighted by Crippen LogP contribution is 2.16. The number of carboxylic acid groups (broad SMARTS) is 1. The highest BCUT2D eigenvalue weighted by Gasteiger charge is 2.37. The zero-order chi connectivity index (χ0) is 69.2. The summed E-state index contributed by atoms with van der Waals surface area (Å²) in [4.78, 5) is 153. The predicted octanol–water partition coefficient (Wildman–Crippen LogP) is -1.07. The van der Waals surface area contributed by atoms with E-state index in [9.17, 15) is 68.1 Å². The second kappa shape index (κ2) is 41.8. The van der Waals surface area contributed by atoms with Gasteiger partial charge in [0.25, 0.3) is 0 Å². The van der Waals surface area contributed by atoms with E-state index in [1.54, 1.807) is 68.4 Å². The number of primary amides is 1. The number of rotatable bonds is 44. The lowest BCUT2D eigenvalue weighted by atomic mass is 9.99. The molecule has 28 nitrogen and oxygen atoms in total. The summed E-state index contributed by atoms with van der Waals surface area (Å²) in [6.45, 7) is 9.11. The third-order valence-corrected chi connectivity index (χ3v) is 15.1. The molecule has 11 atom stereocenters. The largest absolute Gasteiger partial charge is 0.508 e. The number of carboxylic acids is 1. The van der Waals surface area contributed by atoms with Gasteiger partial charge in [0, 0.05) is 12.8 Å². The van der Waals surface area contributed by atoms with Crippen LogP contribution in [-0.4, -0.2) is 167 Å². The van der Waals surface area contributed by atoms with E-state index in [1.807, 2.05) is 19.9 Å². The number of aliphatic hydroxyl groups excluding tert-OH is 1. The first-order valence-corrected chi connectivity index (χ1v) is 31.8. The Morgan fingerprint density at radius 2 is 0.731 bits per heavy atom. The van der Waals surface area contributed by atoms with Crippen LogP contribution < -0.4 is 76.5 Å². The van der Waals surface area contributed by atoms with Gasteiger partial charge in [-0.1, -0.05) is 100 Å². The van der Waals surface area contributed by atoms with Gasteiger partial charge >= 0.3 is 5.97 Å². The number of carbonyl (C=O) groups excluding carboxylic acids is 10. The molecule has 3 aromatic rings. The maximum Gasteiger partial charge on any atom is 0.326 e. The highest BCUT2D eigenvalue weighted by atomic mass is 16.4. The average Bonchev–Trinajstić information content (AvgIpc) is 0.991. The predicted molar refractivity (Wildman–Crippen MR) is 348 cm³/mol. The van der Waals surface area contributed by atoms with Crippen molar-refractivity contribution in [3.63, 3.8) is 0 Å². The monoisotopic (exact) mass is 1300 g/mol. The lowest BCUT2D eigenvalue weighted by Gasteiger charge is -2.29. The first-order valence-electron chi connectivity index (χ1n) is 31.8. The Hall–Kier alpha value is -8.57. The summed E-state index contributed by atoms with van der Waals surface area (Å²) in [6, 6.07) is 8.97. The summed E-state index contributed by atoms with van der Waals surface area (Å²) in [6.07, 6.45) is -0.219. The van der Waals surface area contributed by atoms with Gasteiger partial charge in [-0.3, -0.25) is 47.9 Å². The molecule has 0 heterocycles. The number of hydrogen-bond donors (Lipinski definition) is 17. The molecule has 28 heteroatoms. The van der Waals surface area contributed by atoms with Crippen molar-refractivity contribution in [3.8, 4) is 5.75 Å². The molecule has 0 fully saturated rings. The van der Waals surface area contributed by atoms with Gasteiger partial charge in [-0.25, -0.2) is 4.79 Å². The van der Waals surface area contributed by atoms with Gasteiger partial charge in [0.1, 0.15) is 60.1 Å². The van der Waals surface area contributed by atoms with Crippen molar-refractivity contribution in [2.45, 2.75) is 197 Å². The van der Waals surface area contributed by atoms with Crippen LogP contribution in [0.1, 0.15) is 128 Å². The second-order valence-corrected chi connectivity index (χ2v) is 24.2. The maximum atomic E-state index is 14.8. The normalized spacial score (nSPS) is 14.8. The van der Waals surface area contributed by atoms with E-state index in [1.165, 1.54) is 31.2 Å². The second-order valence-electron chi connectivity index (χ2n) is 24.2. The van der Waals surface area contributed by atoms with E-state index in [-0.39, 0.29) is 88.5 Å². The third kappa shape index (κ3) is 29.7. The SMILES string of the molecule is CC(C)C[C@H](NC(=O)[C@H](Cc1ccccc1)NC(=O)[C@H](CC(N)=O)NC(=O)[C@H](CC(C)C)NC(=O)[C@@H](N)Cc1ccccc1)C(=O)N[C@@H](Cc1ccc(O)cc1)C(=O)N[C@@H](CCCCN)C(=O)N[C@H](C(=O)N[C@@H](CCCCN)C(=O)N[C@@H](CCCCN)C(=O)O)[C@@H](C)O. The fourth-order valence-corrected chi connectivity index (χ4v) is 10.0. The molecule has 3 aromatic carbocycles. The first kappa shape index (κ1) is 78.7. The number of aromatic hydroxyl groups is 1. The molecule has 0 aliphatic heterocycles. The summed E-state index contributed by atoms with van der Waals surface area (Å²) in [5.41, 5.74) is 30.7. The lowest BCUT2D eigenvalue weighted by Crippen LogP contribution is -2.62. The van der Waals surface area contributed by atoms with Gasteiger partial charge < -0.3 is 91.8 Å². The molecule has 93 heavy (non-hydrogen) atoms. The molecular formula is C65H100N14O14. The van der Waals surface area contributed by atoms with Gasteiger partial charge in [-0.05, 0) is 144 Å². The van der Waals surface area contributed by atoms with Crippen molar-refractivity contribution in [2.24, 2.45) is 40.5 Å². The van der Waals surface area contributed by atoms with Crippen LogP contribution in [0.3, 0.4) is 0 Å². The number of nitrogens with one attached hydrogen (secondary N) is 9. The minimum atomic E-state index is -1.73. The average molecular weight is 1300 g/mol. The summed E-state index contributed by atoms with van der Waals surface area (Å²) in [5, 5.41) is 54.4. The number of aliphatic hydroxyl groups is 1. The van der Waals surface area contributed by atoms with Gasteiger partial charge in [0.2, 0.25) is 59.1 Å². The third-order valence-electron chi connectivity index (χ3n) is 15.1. The van der Waals surface area contributed by atoms with Crippen LogP contribution in [0.4, 0.5) is 0 Å². The zero-order valence-corrected chi connectivity index (χ0v) is 54.0. The number of unbranched alkanes of at least 4 members (excludes halogenated alkanes) is 3. The van der Waals surface area contributed by atoms with E-state index < -0.39 is 138 Å². The Bertz CT molecular complexity index is 2870. The van der Waals surface area contributed by atoms with E-state index in [0.29, 0.717) is 49.8 Å². The van der Waals surface area contributed by atoms with Crippen molar-refractivity contribution in [2.75, 3.05) is 19.6 Å². The summed E-state index contributed by atoms with van der Waals surface area (Å²) < 4.78 is 0. The number of nitrogens with two attached hydrogens (primary N) is 5. The van der Waals surface area contributed by atoms with E-state index in [2.05, 4.69) is 47.9 Å². The number of phenolic OH excluding ortho intramolecular Hbond substituents is 1. The summed E-state index contributed by atoms with van der Waals surface area (Å²) in [5.74, 6) is -10.9. The Balaban J connectivity index is 1.98. The van der Waals surface area contributed by atoms with Gasteiger partial charge in [-0.15, -0.1) is 0 Å². The molecule has 0 unspecified atom stereocenters. The molecule has 0 saturated heterocycles. The number of benzene rings is 3. The molecule has 0 aliphatic rings. The van der Waals surface area contributed by atoms with E-state index >= 15 is 0 Å². The smallest absolute Gasteiger partial charge is 0.326 e. The minimum Gasteiger partial charge on any atom is -0.508 e. The van der Waals surface area contributed by atoms with Crippen molar-refractivity contribution in [3.05, 3.63) is 102 Å². The maximum absolute atomic E-state index is 14.8. The van der Waals surface area contributed by atoms with Crippen LogP contribution in [0.2, 0.25) is 0 Å². The fraction of sp³-hybridized carbons (Fsp3) is 0.554. The molecule has 514 valence electrons. The van der Waals surface area contributed by atoms with Crippen molar-refractivity contribution < 1.29 is 68.1 Å². The van der Waals surface area contributed by atoms with Gasteiger partial charge in [0.15, 0.2) is 0 Å². The first-order chi connectivity index (χ1) is 44.2. The van der Waals surface area contributed by atoms with Crippen LogP contribution in [0.5, 0.6) is 5.75 Å². The van der Waals surface area contributed by atoms with Crippen LogP contribution in [-0.2, 0) is 72.0 Å². The standard InChI is InChI=1S/C65H100N14O14/c1-38(2)32-49(74-56(83)45(69)34-41-18-8-6-9-19-41)59(86)78-53(37-54(70)82)63(90)77-51(35-42-20-10-7-11-21-42)62(89)75-50(33-39(3)4)60(87)76-52(36-43-25-27-44(81)28-26-43)61(88)71-47(23-13-16-30-67)58(85)79-55(40(5)80)64(91)72-46(22-12-15-29-66)57(84)73-48(65(92)93)24-14-17-31-68/h6-11,18-21,25-28,38-40,45-53,55,80-81H,12-17,22-24,29-37,66-69H2,1-5H3,(H2,70,82)(H,71,88)(H,72,91)(H,73,84)(H,74,83)(H,75,89)(H,76,87)(H,77,90)(H,78,86)(H,79,85)(H,92,93)/t40-,45+,46+,47+,48+,49+,50+,51+,52+,53+,55+/m1/s1. The Labute approximate surface area is 544 Å². The Morgan fingerprint density at radius 3 is 1.15 bits per heavy atom.